The van der Waals surface area contributed by atoms with Gasteiger partial charge in [-0.3, -0.25) is 0 Å². The van der Waals surface area contributed by atoms with Crippen molar-refractivity contribution >= 4 is 39.1 Å². The minimum absolute atomic E-state index is 0.121. The summed E-state index contributed by atoms with van der Waals surface area (Å²) in [5, 5.41) is 8.92. The molecule has 5 nitrogen and oxygen atoms in total. The number of benzene rings is 2. The predicted molar refractivity (Wildman–Crippen MR) is 108 cm³/mol. The molecule has 29 heavy (non-hydrogen) atoms. The molecule has 0 fully saturated rings. The molecule has 3 rings (SSSR count). The summed E-state index contributed by atoms with van der Waals surface area (Å²) in [5.74, 6) is -0.160. The molecule has 0 aliphatic rings. The van der Waals surface area contributed by atoms with Crippen molar-refractivity contribution in [1.82, 2.24) is 9.97 Å². The maximum Gasteiger partial charge on any atom is 0.421 e. The van der Waals surface area contributed by atoms with Gasteiger partial charge in [-0.15, -0.1) is 0 Å². The first-order valence-corrected chi connectivity index (χ1v) is 9.17. The van der Waals surface area contributed by atoms with E-state index < -0.39 is 11.7 Å². The van der Waals surface area contributed by atoms with Crippen LogP contribution in [0.25, 0.3) is 0 Å². The van der Waals surface area contributed by atoms with Crippen molar-refractivity contribution in [1.29, 1.82) is 5.26 Å². The van der Waals surface area contributed by atoms with E-state index in [-0.39, 0.29) is 11.8 Å². The van der Waals surface area contributed by atoms with Crippen LogP contribution in [0.1, 0.15) is 11.1 Å². The Kier molecular flexibility index (Phi) is 5.75. The third-order valence-electron chi connectivity index (χ3n) is 4.28. The van der Waals surface area contributed by atoms with Crippen molar-refractivity contribution < 1.29 is 13.2 Å². The molecule has 9 heteroatoms. The third-order valence-corrected chi connectivity index (χ3v) is 4.81. The molecule has 0 radical (unpaired) electrons. The maximum atomic E-state index is 13.6. The molecule has 3 aromatic rings. The molecule has 0 aliphatic heterocycles. The van der Waals surface area contributed by atoms with Crippen LogP contribution in [0, 0.1) is 11.3 Å². The molecule has 0 unspecified atom stereocenters. The SMILES string of the molecule is CN(c1ccc(Br)cc1)c1ncc(C(F)(F)F)c(N(C)c2ccc(C#N)cc2)n1. The predicted octanol–water partition coefficient (Wildman–Crippen LogP) is 5.67. The Labute approximate surface area is 174 Å². The molecule has 148 valence electrons. The van der Waals surface area contributed by atoms with Crippen LogP contribution in [0.4, 0.5) is 36.3 Å². The Balaban J connectivity index is 2.06. The Morgan fingerprint density at radius 2 is 1.48 bits per heavy atom. The van der Waals surface area contributed by atoms with Gasteiger partial charge in [0.2, 0.25) is 5.95 Å². The number of halogens is 4. The van der Waals surface area contributed by atoms with Gasteiger partial charge in [0.1, 0.15) is 5.56 Å². The minimum atomic E-state index is -4.62. The lowest BCUT2D eigenvalue weighted by Crippen LogP contribution is -2.21. The molecule has 1 heterocycles. The Bertz CT molecular complexity index is 1040. The first-order valence-electron chi connectivity index (χ1n) is 8.38. The topological polar surface area (TPSA) is 56.1 Å². The smallest absolute Gasteiger partial charge is 0.329 e. The fourth-order valence-electron chi connectivity index (χ4n) is 2.64. The number of rotatable bonds is 4. The lowest BCUT2D eigenvalue weighted by molar-refractivity contribution is -0.137. The van der Waals surface area contributed by atoms with Crippen LogP contribution in [-0.4, -0.2) is 24.1 Å². The van der Waals surface area contributed by atoms with Gasteiger partial charge in [-0.1, -0.05) is 15.9 Å². The zero-order chi connectivity index (χ0) is 21.2. The normalized spacial score (nSPS) is 11.1. The van der Waals surface area contributed by atoms with Gasteiger partial charge in [0.15, 0.2) is 5.82 Å². The second-order valence-corrected chi connectivity index (χ2v) is 7.07. The largest absolute Gasteiger partial charge is 0.421 e. The van der Waals surface area contributed by atoms with Crippen molar-refractivity contribution in [3.8, 4) is 6.07 Å². The van der Waals surface area contributed by atoms with E-state index in [1.54, 1.807) is 36.2 Å². The summed E-state index contributed by atoms with van der Waals surface area (Å²) in [6, 6.07) is 15.4. The van der Waals surface area contributed by atoms with Crippen molar-refractivity contribution in [3.05, 3.63) is 70.3 Å². The summed E-state index contributed by atoms with van der Waals surface area (Å²) >= 11 is 3.35. The highest BCUT2D eigenvalue weighted by Gasteiger charge is 2.37. The molecule has 0 amide bonds. The number of aromatic nitrogens is 2. The van der Waals surface area contributed by atoms with E-state index in [2.05, 4.69) is 25.9 Å². The van der Waals surface area contributed by atoms with Gasteiger partial charge >= 0.3 is 6.18 Å². The highest BCUT2D eigenvalue weighted by atomic mass is 79.9. The van der Waals surface area contributed by atoms with Gasteiger partial charge in [0, 0.05) is 36.1 Å². The summed E-state index contributed by atoms with van der Waals surface area (Å²) in [6.45, 7) is 0. The van der Waals surface area contributed by atoms with E-state index in [4.69, 9.17) is 5.26 Å². The maximum absolute atomic E-state index is 13.6. The number of nitrogens with zero attached hydrogens (tertiary/aromatic N) is 5. The first-order chi connectivity index (χ1) is 13.7. The molecule has 1 aromatic heterocycles. The van der Waals surface area contributed by atoms with Gasteiger partial charge in [-0.05, 0) is 48.5 Å². The average molecular weight is 462 g/mol. The molecule has 0 N–H and O–H groups in total. The number of nitriles is 1. The molecule has 2 aromatic carbocycles. The summed E-state index contributed by atoms with van der Waals surface area (Å²) in [6.07, 6.45) is -3.84. The highest BCUT2D eigenvalue weighted by molar-refractivity contribution is 9.10. The van der Waals surface area contributed by atoms with Crippen LogP contribution >= 0.6 is 15.9 Å². The highest BCUT2D eigenvalue weighted by Crippen LogP contribution is 2.38. The van der Waals surface area contributed by atoms with Crippen LogP contribution in [-0.2, 0) is 6.18 Å². The van der Waals surface area contributed by atoms with Gasteiger partial charge < -0.3 is 9.80 Å². The fourth-order valence-corrected chi connectivity index (χ4v) is 2.91. The van der Waals surface area contributed by atoms with Gasteiger partial charge in [-0.25, -0.2) is 4.98 Å². The van der Waals surface area contributed by atoms with E-state index in [1.807, 2.05) is 18.2 Å². The standard InChI is InChI=1S/C20H15BrF3N5/c1-28(15-7-3-13(11-25)4-8-15)18-17(20(22,23)24)12-26-19(27-18)29(2)16-9-5-14(21)6-10-16/h3-10,12H,1-2H3. The van der Waals surface area contributed by atoms with E-state index >= 15 is 0 Å². The van der Waals surface area contributed by atoms with E-state index in [0.717, 1.165) is 16.4 Å². The zero-order valence-corrected chi connectivity index (χ0v) is 17.0. The summed E-state index contributed by atoms with van der Waals surface area (Å²) in [7, 11) is 3.17. The van der Waals surface area contributed by atoms with Crippen molar-refractivity contribution in [3.63, 3.8) is 0 Å². The Morgan fingerprint density at radius 3 is 2.03 bits per heavy atom. The van der Waals surface area contributed by atoms with Gasteiger partial charge in [0.25, 0.3) is 0 Å². The number of hydrogen-bond donors (Lipinski definition) is 0. The molecule has 0 bridgehead atoms. The molecule has 0 spiro atoms. The van der Waals surface area contributed by atoms with Gasteiger partial charge in [-0.2, -0.15) is 23.4 Å². The second-order valence-electron chi connectivity index (χ2n) is 6.16. The van der Waals surface area contributed by atoms with Crippen molar-refractivity contribution in [2.75, 3.05) is 23.9 Å². The van der Waals surface area contributed by atoms with Crippen LogP contribution < -0.4 is 9.80 Å². The second kappa shape index (κ2) is 8.09. The quantitative estimate of drug-likeness (QED) is 0.501. The van der Waals surface area contributed by atoms with Crippen LogP contribution in [0.3, 0.4) is 0 Å². The van der Waals surface area contributed by atoms with Gasteiger partial charge in [0.05, 0.1) is 11.6 Å². The number of hydrogen-bond acceptors (Lipinski definition) is 5. The van der Waals surface area contributed by atoms with Crippen LogP contribution in [0.2, 0.25) is 0 Å². The molecular formula is C20H15BrF3N5. The zero-order valence-electron chi connectivity index (χ0n) is 15.4. The third kappa shape index (κ3) is 4.49. The lowest BCUT2D eigenvalue weighted by Gasteiger charge is -2.25. The molecule has 0 aliphatic carbocycles. The van der Waals surface area contributed by atoms with Crippen LogP contribution in [0.5, 0.6) is 0 Å². The fraction of sp³-hybridized carbons (Fsp3) is 0.150. The number of alkyl halides is 3. The molecule has 0 atom stereocenters. The van der Waals surface area contributed by atoms with Crippen LogP contribution in [0.15, 0.2) is 59.2 Å². The first kappa shape index (κ1) is 20.6. The minimum Gasteiger partial charge on any atom is -0.329 e. The van der Waals surface area contributed by atoms with Crippen molar-refractivity contribution in [2.24, 2.45) is 0 Å². The summed E-state index contributed by atoms with van der Waals surface area (Å²) < 4.78 is 41.6. The Hall–Kier alpha value is -3.12. The lowest BCUT2D eigenvalue weighted by atomic mass is 10.2. The summed E-state index contributed by atoms with van der Waals surface area (Å²) in [5.41, 5.74) is 0.652. The van der Waals surface area contributed by atoms with E-state index in [1.165, 1.54) is 24.1 Å². The molecule has 0 saturated heterocycles. The van der Waals surface area contributed by atoms with Crippen molar-refractivity contribution in [2.45, 2.75) is 6.18 Å². The average Bonchev–Trinajstić information content (AvgIpc) is 2.72. The summed E-state index contributed by atoms with van der Waals surface area (Å²) in [4.78, 5) is 11.0. The Morgan fingerprint density at radius 1 is 0.931 bits per heavy atom. The number of anilines is 4. The van der Waals surface area contributed by atoms with E-state index in [9.17, 15) is 13.2 Å². The molecular weight excluding hydrogens is 447 g/mol. The molecule has 0 saturated carbocycles. The van der Waals surface area contributed by atoms with E-state index in [0.29, 0.717) is 11.3 Å². The monoisotopic (exact) mass is 461 g/mol.